The first-order chi connectivity index (χ1) is 9.26. The highest BCUT2D eigenvalue weighted by Gasteiger charge is 2.47. The molecule has 0 aliphatic carbocycles. The van der Waals surface area contributed by atoms with Crippen molar-refractivity contribution < 1.29 is 32.3 Å². The summed E-state index contributed by atoms with van der Waals surface area (Å²) in [6.45, 7) is -1.31. The first-order valence-electron chi connectivity index (χ1n) is 5.76. The monoisotopic (exact) mass is 301 g/mol. The van der Waals surface area contributed by atoms with Gasteiger partial charge < -0.3 is 21.0 Å². The van der Waals surface area contributed by atoms with Crippen molar-refractivity contribution in [1.29, 1.82) is 0 Å². The van der Waals surface area contributed by atoms with E-state index in [4.69, 9.17) is 15.7 Å². The number of hydrogen-bond donors (Lipinski definition) is 3. The highest BCUT2D eigenvalue weighted by molar-refractivity contribution is 6.06. The highest BCUT2D eigenvalue weighted by atomic mass is 19.3. The second kappa shape index (κ2) is 6.25. The maximum Gasteiger partial charge on any atom is 0.324 e. The molecule has 116 valence electrons. The summed E-state index contributed by atoms with van der Waals surface area (Å²) in [5, 5.41) is 13.2. The van der Waals surface area contributed by atoms with Crippen LogP contribution >= 0.6 is 0 Å². The SMILES string of the molecule is NC(=NO)C1(C(=O)NCC(F)(F)C(F)F)CCOCC1. The number of nitrogens with one attached hydrogen (secondary N) is 1. The average molecular weight is 301 g/mol. The van der Waals surface area contributed by atoms with Gasteiger partial charge in [-0.1, -0.05) is 5.16 Å². The Bertz CT molecular complexity index is 384. The van der Waals surface area contributed by atoms with Crippen molar-refractivity contribution in [3.05, 3.63) is 0 Å². The Balaban J connectivity index is 2.80. The molecule has 6 nitrogen and oxygen atoms in total. The smallest absolute Gasteiger partial charge is 0.324 e. The zero-order valence-corrected chi connectivity index (χ0v) is 10.4. The van der Waals surface area contributed by atoms with Crippen LogP contribution in [0.3, 0.4) is 0 Å². The maximum absolute atomic E-state index is 12.8. The molecule has 0 atom stereocenters. The maximum atomic E-state index is 12.8. The van der Waals surface area contributed by atoms with Crippen LogP contribution in [-0.4, -0.2) is 49.1 Å². The molecule has 1 amide bonds. The van der Waals surface area contributed by atoms with E-state index in [9.17, 15) is 22.4 Å². The number of nitrogens with two attached hydrogens (primary N) is 1. The molecule has 0 radical (unpaired) electrons. The molecule has 10 heteroatoms. The van der Waals surface area contributed by atoms with E-state index in [1.165, 1.54) is 0 Å². The van der Waals surface area contributed by atoms with Crippen molar-refractivity contribution in [3.63, 3.8) is 0 Å². The molecule has 0 aromatic rings. The summed E-state index contributed by atoms with van der Waals surface area (Å²) in [5.41, 5.74) is 3.91. The van der Waals surface area contributed by atoms with Crippen LogP contribution in [0.25, 0.3) is 0 Å². The fourth-order valence-electron chi connectivity index (χ4n) is 1.86. The third-order valence-corrected chi connectivity index (χ3v) is 3.18. The molecule has 4 N–H and O–H groups in total. The van der Waals surface area contributed by atoms with Gasteiger partial charge in [-0.15, -0.1) is 0 Å². The van der Waals surface area contributed by atoms with Gasteiger partial charge in [0, 0.05) is 13.2 Å². The predicted molar refractivity (Wildman–Crippen MR) is 59.9 cm³/mol. The number of nitrogens with zero attached hydrogens (tertiary/aromatic N) is 1. The number of oxime groups is 1. The number of carbonyl (C=O) groups is 1. The van der Waals surface area contributed by atoms with Crippen molar-refractivity contribution >= 4 is 11.7 Å². The van der Waals surface area contributed by atoms with Gasteiger partial charge in [-0.3, -0.25) is 4.79 Å². The van der Waals surface area contributed by atoms with Gasteiger partial charge in [0.2, 0.25) is 5.91 Å². The van der Waals surface area contributed by atoms with E-state index in [2.05, 4.69) is 5.16 Å². The van der Waals surface area contributed by atoms with Crippen molar-refractivity contribution in [2.45, 2.75) is 25.2 Å². The molecule has 1 saturated heterocycles. The lowest BCUT2D eigenvalue weighted by atomic mass is 9.78. The Hall–Kier alpha value is -1.58. The molecule has 20 heavy (non-hydrogen) atoms. The average Bonchev–Trinajstić information content (AvgIpc) is 2.44. The number of amides is 1. The summed E-state index contributed by atoms with van der Waals surface area (Å²) in [6, 6.07) is 0. The largest absolute Gasteiger partial charge is 0.409 e. The summed E-state index contributed by atoms with van der Waals surface area (Å²) in [5.74, 6) is -5.79. The minimum atomic E-state index is -4.34. The van der Waals surface area contributed by atoms with Gasteiger partial charge in [-0.25, -0.2) is 8.78 Å². The van der Waals surface area contributed by atoms with E-state index in [0.717, 1.165) is 0 Å². The van der Waals surface area contributed by atoms with Gasteiger partial charge in [0.1, 0.15) is 5.41 Å². The lowest BCUT2D eigenvalue weighted by Crippen LogP contribution is -2.55. The molecule has 0 spiro atoms. The van der Waals surface area contributed by atoms with Gasteiger partial charge in [0.15, 0.2) is 5.84 Å². The number of hydrogen-bond acceptors (Lipinski definition) is 4. The fourth-order valence-corrected chi connectivity index (χ4v) is 1.86. The van der Waals surface area contributed by atoms with Crippen LogP contribution < -0.4 is 11.1 Å². The summed E-state index contributed by atoms with van der Waals surface area (Å²) in [4.78, 5) is 12.0. The van der Waals surface area contributed by atoms with E-state index in [1.807, 2.05) is 0 Å². The van der Waals surface area contributed by atoms with E-state index < -0.39 is 36.1 Å². The van der Waals surface area contributed by atoms with Crippen LogP contribution in [0.5, 0.6) is 0 Å². The van der Waals surface area contributed by atoms with Crippen molar-refractivity contribution in [3.8, 4) is 0 Å². The third-order valence-electron chi connectivity index (χ3n) is 3.18. The highest BCUT2D eigenvalue weighted by Crippen LogP contribution is 2.31. The molecule has 1 heterocycles. The summed E-state index contributed by atoms with van der Waals surface area (Å²) >= 11 is 0. The number of carbonyl (C=O) groups excluding carboxylic acids is 1. The number of alkyl halides is 4. The molecule has 1 aliphatic rings. The van der Waals surface area contributed by atoms with Crippen LogP contribution in [0.1, 0.15) is 12.8 Å². The Morgan fingerprint density at radius 1 is 1.45 bits per heavy atom. The Kier molecular flexibility index (Phi) is 5.15. The lowest BCUT2D eigenvalue weighted by Gasteiger charge is -2.34. The number of rotatable bonds is 5. The zero-order valence-electron chi connectivity index (χ0n) is 10.4. The van der Waals surface area contributed by atoms with Crippen molar-refractivity contribution in [2.24, 2.45) is 16.3 Å². The van der Waals surface area contributed by atoms with E-state index in [1.54, 1.807) is 5.32 Å². The summed E-state index contributed by atoms with van der Waals surface area (Å²) < 4.78 is 54.6. The standard InChI is InChI=1S/C10H15F4N3O3/c11-6(12)10(13,14)5-16-8(18)9(7(15)17-19)1-3-20-4-2-9/h6,19H,1-5H2,(H2,15,17)(H,16,18). The molecule has 0 bridgehead atoms. The molecule has 1 fully saturated rings. The Morgan fingerprint density at radius 2 is 2.00 bits per heavy atom. The van der Waals surface area contributed by atoms with E-state index in [-0.39, 0.29) is 26.1 Å². The quantitative estimate of drug-likeness (QED) is 0.227. The van der Waals surface area contributed by atoms with Gasteiger partial charge in [-0.2, -0.15) is 8.78 Å². The van der Waals surface area contributed by atoms with Crippen LogP contribution in [0.2, 0.25) is 0 Å². The minimum Gasteiger partial charge on any atom is -0.409 e. The number of halogens is 4. The second-order valence-corrected chi connectivity index (χ2v) is 4.42. The molecule has 1 rings (SSSR count). The van der Waals surface area contributed by atoms with Gasteiger partial charge in [-0.05, 0) is 12.8 Å². The fraction of sp³-hybridized carbons (Fsp3) is 0.800. The van der Waals surface area contributed by atoms with E-state index in [0.29, 0.717) is 0 Å². The van der Waals surface area contributed by atoms with E-state index >= 15 is 0 Å². The van der Waals surface area contributed by atoms with Crippen LogP contribution in [0, 0.1) is 5.41 Å². The molecule has 1 aliphatic heterocycles. The molecular weight excluding hydrogens is 286 g/mol. The second-order valence-electron chi connectivity index (χ2n) is 4.42. The molecular formula is C10H15F4N3O3. The zero-order chi connectivity index (χ0) is 15.4. The Labute approximate surface area is 111 Å². The predicted octanol–water partition coefficient (Wildman–Crippen LogP) is 0.546. The van der Waals surface area contributed by atoms with Crippen LogP contribution in [-0.2, 0) is 9.53 Å². The topological polar surface area (TPSA) is 96.9 Å². The molecule has 0 saturated carbocycles. The first-order valence-corrected chi connectivity index (χ1v) is 5.76. The molecule has 0 aromatic heterocycles. The van der Waals surface area contributed by atoms with Crippen molar-refractivity contribution in [2.75, 3.05) is 19.8 Å². The number of amidine groups is 1. The van der Waals surface area contributed by atoms with Crippen molar-refractivity contribution in [1.82, 2.24) is 5.32 Å². The molecule has 0 aromatic carbocycles. The first kappa shape index (κ1) is 16.5. The summed E-state index contributed by atoms with van der Waals surface area (Å²) in [7, 11) is 0. The van der Waals surface area contributed by atoms with Gasteiger partial charge in [0.05, 0.1) is 6.54 Å². The minimum absolute atomic E-state index is 0.00891. The lowest BCUT2D eigenvalue weighted by molar-refractivity contribution is -0.143. The van der Waals surface area contributed by atoms with Crippen LogP contribution in [0.4, 0.5) is 17.6 Å². The summed E-state index contributed by atoms with van der Waals surface area (Å²) in [6.07, 6.45) is -3.87. The third kappa shape index (κ3) is 3.30. The van der Waals surface area contributed by atoms with Gasteiger partial charge >= 0.3 is 12.3 Å². The van der Waals surface area contributed by atoms with Gasteiger partial charge in [0.25, 0.3) is 0 Å². The Morgan fingerprint density at radius 3 is 2.45 bits per heavy atom. The number of ether oxygens (including phenoxy) is 1. The van der Waals surface area contributed by atoms with Crippen LogP contribution in [0.15, 0.2) is 5.16 Å². The molecule has 0 unspecified atom stereocenters. The normalized spacial score (nSPS) is 19.9.